The SMILES string of the molecule is Cc1ccc(-c2nc3ccc(C)cn3c2Sc2ccccc2)cc1. The van der Waals surface area contributed by atoms with Crippen molar-refractivity contribution in [3.8, 4) is 11.3 Å². The molecular weight excluding hydrogens is 312 g/mol. The minimum atomic E-state index is 0.981. The topological polar surface area (TPSA) is 17.3 Å². The van der Waals surface area contributed by atoms with Crippen LogP contribution in [0.3, 0.4) is 0 Å². The van der Waals surface area contributed by atoms with Crippen molar-refractivity contribution >= 4 is 17.4 Å². The number of pyridine rings is 1. The maximum atomic E-state index is 4.89. The van der Waals surface area contributed by atoms with E-state index < -0.39 is 0 Å². The fraction of sp³-hybridized carbons (Fsp3) is 0.0952. The Morgan fingerprint density at radius 1 is 0.792 bits per heavy atom. The minimum Gasteiger partial charge on any atom is -0.294 e. The maximum Gasteiger partial charge on any atom is 0.138 e. The van der Waals surface area contributed by atoms with Crippen molar-refractivity contribution in [1.29, 1.82) is 0 Å². The van der Waals surface area contributed by atoms with Gasteiger partial charge in [-0.2, -0.15) is 0 Å². The van der Waals surface area contributed by atoms with Gasteiger partial charge in [0.15, 0.2) is 0 Å². The zero-order valence-electron chi connectivity index (χ0n) is 13.7. The predicted molar refractivity (Wildman–Crippen MR) is 101 cm³/mol. The van der Waals surface area contributed by atoms with E-state index in [1.165, 1.54) is 16.0 Å². The number of aryl methyl sites for hydroxylation is 2. The van der Waals surface area contributed by atoms with Crippen LogP contribution < -0.4 is 0 Å². The molecule has 0 aliphatic carbocycles. The third-order valence-corrected chi connectivity index (χ3v) is 5.10. The average Bonchev–Trinajstić information content (AvgIpc) is 2.94. The van der Waals surface area contributed by atoms with Crippen LogP contribution in [0.15, 0.2) is 82.8 Å². The zero-order valence-corrected chi connectivity index (χ0v) is 14.5. The molecule has 0 atom stereocenters. The molecular formula is C21H18N2S. The van der Waals surface area contributed by atoms with Crippen molar-refractivity contribution in [1.82, 2.24) is 9.38 Å². The Morgan fingerprint density at radius 2 is 1.50 bits per heavy atom. The van der Waals surface area contributed by atoms with E-state index in [4.69, 9.17) is 4.98 Å². The van der Waals surface area contributed by atoms with Crippen LogP contribution in [-0.2, 0) is 0 Å². The van der Waals surface area contributed by atoms with Gasteiger partial charge in [-0.05, 0) is 37.6 Å². The lowest BCUT2D eigenvalue weighted by atomic mass is 10.1. The second-order valence-electron chi connectivity index (χ2n) is 5.98. The van der Waals surface area contributed by atoms with Crippen molar-refractivity contribution < 1.29 is 0 Å². The molecule has 0 spiro atoms. The highest BCUT2D eigenvalue weighted by molar-refractivity contribution is 7.99. The molecule has 3 heteroatoms. The molecule has 118 valence electrons. The van der Waals surface area contributed by atoms with E-state index in [0.717, 1.165) is 21.9 Å². The van der Waals surface area contributed by atoms with Gasteiger partial charge in [-0.1, -0.05) is 65.9 Å². The van der Waals surface area contributed by atoms with Crippen molar-refractivity contribution in [2.24, 2.45) is 0 Å². The largest absolute Gasteiger partial charge is 0.294 e. The molecule has 2 nitrogen and oxygen atoms in total. The van der Waals surface area contributed by atoms with Crippen LogP contribution in [0.2, 0.25) is 0 Å². The van der Waals surface area contributed by atoms with E-state index in [9.17, 15) is 0 Å². The van der Waals surface area contributed by atoms with Gasteiger partial charge in [0.25, 0.3) is 0 Å². The van der Waals surface area contributed by atoms with Crippen LogP contribution >= 0.6 is 11.8 Å². The monoisotopic (exact) mass is 330 g/mol. The van der Waals surface area contributed by atoms with E-state index in [0.29, 0.717) is 0 Å². The van der Waals surface area contributed by atoms with Crippen LogP contribution in [0.25, 0.3) is 16.9 Å². The molecule has 2 heterocycles. The molecule has 0 N–H and O–H groups in total. The smallest absolute Gasteiger partial charge is 0.138 e. The normalized spacial score (nSPS) is 11.1. The van der Waals surface area contributed by atoms with Gasteiger partial charge in [0.05, 0.1) is 0 Å². The predicted octanol–water partition coefficient (Wildman–Crippen LogP) is 5.77. The standard InChI is InChI=1S/C21H18N2S/c1-15-8-11-17(12-9-15)20-21(24-18-6-4-3-5-7-18)23-14-16(2)10-13-19(23)22-20/h3-14H,1-2H3. The fourth-order valence-electron chi connectivity index (χ4n) is 2.73. The molecule has 0 aliphatic rings. The van der Waals surface area contributed by atoms with E-state index >= 15 is 0 Å². The first kappa shape index (κ1) is 15.0. The minimum absolute atomic E-state index is 0.981. The first-order valence-electron chi connectivity index (χ1n) is 7.99. The molecule has 4 aromatic rings. The van der Waals surface area contributed by atoms with Gasteiger partial charge in [0.2, 0.25) is 0 Å². The van der Waals surface area contributed by atoms with Gasteiger partial charge in [-0.3, -0.25) is 4.40 Å². The summed E-state index contributed by atoms with van der Waals surface area (Å²) in [6.45, 7) is 4.22. The summed E-state index contributed by atoms with van der Waals surface area (Å²) in [5.74, 6) is 0. The Kier molecular flexibility index (Phi) is 3.87. The van der Waals surface area contributed by atoms with Crippen molar-refractivity contribution in [3.63, 3.8) is 0 Å². The lowest BCUT2D eigenvalue weighted by Crippen LogP contribution is -1.89. The number of fused-ring (bicyclic) bond motifs is 1. The van der Waals surface area contributed by atoms with E-state index in [1.54, 1.807) is 11.8 Å². The van der Waals surface area contributed by atoms with Gasteiger partial charge >= 0.3 is 0 Å². The van der Waals surface area contributed by atoms with E-state index in [1.807, 2.05) is 6.07 Å². The number of aromatic nitrogens is 2. The molecule has 0 unspecified atom stereocenters. The summed E-state index contributed by atoms with van der Waals surface area (Å²) >= 11 is 1.76. The van der Waals surface area contributed by atoms with Crippen molar-refractivity contribution in [2.75, 3.05) is 0 Å². The molecule has 0 saturated heterocycles. The highest BCUT2D eigenvalue weighted by Crippen LogP contribution is 2.36. The molecule has 2 aromatic carbocycles. The summed E-state index contributed by atoms with van der Waals surface area (Å²) < 4.78 is 2.20. The van der Waals surface area contributed by atoms with Gasteiger partial charge in [-0.15, -0.1) is 0 Å². The van der Waals surface area contributed by atoms with Crippen LogP contribution in [0, 0.1) is 13.8 Å². The molecule has 0 fully saturated rings. The molecule has 0 radical (unpaired) electrons. The second kappa shape index (κ2) is 6.17. The Bertz CT molecular complexity index is 986. The summed E-state index contributed by atoms with van der Waals surface area (Å²) in [6, 6.07) is 23.2. The Morgan fingerprint density at radius 3 is 2.25 bits per heavy atom. The zero-order chi connectivity index (χ0) is 16.5. The van der Waals surface area contributed by atoms with Gasteiger partial charge in [0, 0.05) is 16.7 Å². The molecule has 0 aliphatic heterocycles. The molecule has 0 amide bonds. The summed E-state index contributed by atoms with van der Waals surface area (Å²) in [4.78, 5) is 6.11. The van der Waals surface area contributed by atoms with E-state index in [-0.39, 0.29) is 0 Å². The highest BCUT2D eigenvalue weighted by Gasteiger charge is 2.15. The van der Waals surface area contributed by atoms with Gasteiger partial charge < -0.3 is 0 Å². The van der Waals surface area contributed by atoms with Crippen molar-refractivity contribution in [2.45, 2.75) is 23.8 Å². The molecule has 24 heavy (non-hydrogen) atoms. The quantitative estimate of drug-likeness (QED) is 0.474. The van der Waals surface area contributed by atoms with Crippen LogP contribution in [0.5, 0.6) is 0 Å². The number of imidazole rings is 1. The first-order valence-corrected chi connectivity index (χ1v) is 8.81. The lowest BCUT2D eigenvalue weighted by Gasteiger charge is -2.06. The summed E-state index contributed by atoms with van der Waals surface area (Å²) in [5, 5.41) is 1.16. The highest BCUT2D eigenvalue weighted by atomic mass is 32.2. The summed E-state index contributed by atoms with van der Waals surface area (Å²) in [7, 11) is 0. The number of hydrogen-bond donors (Lipinski definition) is 0. The molecule has 2 aromatic heterocycles. The molecule has 0 saturated carbocycles. The third-order valence-electron chi connectivity index (χ3n) is 4.01. The number of hydrogen-bond acceptors (Lipinski definition) is 2. The Labute approximate surface area is 146 Å². The van der Waals surface area contributed by atoms with Gasteiger partial charge in [0.1, 0.15) is 16.4 Å². The second-order valence-corrected chi connectivity index (χ2v) is 7.04. The third kappa shape index (κ3) is 2.83. The van der Waals surface area contributed by atoms with Gasteiger partial charge in [-0.25, -0.2) is 4.98 Å². The molecule has 4 rings (SSSR count). The summed E-state index contributed by atoms with van der Waals surface area (Å²) in [5.41, 5.74) is 5.66. The van der Waals surface area contributed by atoms with Crippen LogP contribution in [0.1, 0.15) is 11.1 Å². The number of nitrogens with zero attached hydrogens (tertiary/aromatic N) is 2. The van der Waals surface area contributed by atoms with Crippen LogP contribution in [0.4, 0.5) is 0 Å². The summed E-state index contributed by atoms with van der Waals surface area (Å²) in [6.07, 6.45) is 2.16. The molecule has 0 bridgehead atoms. The van der Waals surface area contributed by atoms with Crippen LogP contribution in [-0.4, -0.2) is 9.38 Å². The number of rotatable bonds is 3. The Balaban J connectivity index is 1.91. The first-order chi connectivity index (χ1) is 11.7. The maximum absolute atomic E-state index is 4.89. The number of benzene rings is 2. The lowest BCUT2D eigenvalue weighted by molar-refractivity contribution is 1.04. The van der Waals surface area contributed by atoms with E-state index in [2.05, 4.69) is 85.1 Å². The fourth-order valence-corrected chi connectivity index (χ4v) is 3.75. The average molecular weight is 330 g/mol. The Hall–Kier alpha value is -2.52. The van der Waals surface area contributed by atoms with Crippen molar-refractivity contribution in [3.05, 3.63) is 84.1 Å².